The van der Waals surface area contributed by atoms with Gasteiger partial charge in [-0.1, -0.05) is 0 Å². The molecule has 0 aromatic carbocycles. The summed E-state index contributed by atoms with van der Waals surface area (Å²) >= 11 is 4.51. The summed E-state index contributed by atoms with van der Waals surface area (Å²) in [5, 5.41) is 8.56. The smallest absolute Gasteiger partial charge is 0.352 e. The lowest BCUT2D eigenvalue weighted by Gasteiger charge is -1.97. The molecule has 0 amide bonds. The van der Waals surface area contributed by atoms with E-state index < -0.39 is 0 Å². The monoisotopic (exact) mass is 134 g/mol. The molecule has 8 heavy (non-hydrogen) atoms. The molecule has 1 heterocycles. The molecule has 0 bridgehead atoms. The zero-order chi connectivity index (χ0) is 5.98. The molecule has 0 spiro atoms. The van der Waals surface area contributed by atoms with E-state index in [0.717, 1.165) is 0 Å². The molecule has 4 heteroatoms. The Morgan fingerprint density at radius 3 is 2.88 bits per heavy atom. The second-order valence-corrected chi connectivity index (χ2v) is 1.82. The van der Waals surface area contributed by atoms with E-state index in [1.54, 1.807) is 0 Å². The van der Waals surface area contributed by atoms with E-state index in [4.69, 9.17) is 14.6 Å². The SMILES string of the molecule is OC[C@H]1COC(=S)O1. The first-order valence-corrected chi connectivity index (χ1v) is 2.68. The Balaban J connectivity index is 2.32. The quantitative estimate of drug-likeness (QED) is 0.499. The van der Waals surface area contributed by atoms with E-state index >= 15 is 0 Å². The van der Waals surface area contributed by atoms with Crippen molar-refractivity contribution in [3.63, 3.8) is 0 Å². The van der Waals surface area contributed by atoms with Crippen LogP contribution in [0.1, 0.15) is 0 Å². The number of aliphatic hydroxyl groups excluding tert-OH is 1. The molecule has 1 N–H and O–H groups in total. The van der Waals surface area contributed by atoms with Crippen LogP contribution in [-0.2, 0) is 9.47 Å². The van der Waals surface area contributed by atoms with Crippen molar-refractivity contribution in [2.24, 2.45) is 0 Å². The zero-order valence-corrected chi connectivity index (χ0v) is 4.98. The van der Waals surface area contributed by atoms with Crippen LogP contribution in [0.2, 0.25) is 0 Å². The van der Waals surface area contributed by atoms with Gasteiger partial charge >= 0.3 is 5.24 Å². The van der Waals surface area contributed by atoms with Crippen molar-refractivity contribution in [1.29, 1.82) is 0 Å². The van der Waals surface area contributed by atoms with Gasteiger partial charge in [-0.25, -0.2) is 0 Å². The van der Waals surface area contributed by atoms with Crippen LogP contribution in [0.3, 0.4) is 0 Å². The molecule has 46 valence electrons. The van der Waals surface area contributed by atoms with Crippen LogP contribution >= 0.6 is 12.2 Å². The van der Waals surface area contributed by atoms with E-state index in [9.17, 15) is 0 Å². The fourth-order valence-electron chi connectivity index (χ4n) is 0.455. The highest BCUT2D eigenvalue weighted by molar-refractivity contribution is 7.79. The van der Waals surface area contributed by atoms with Gasteiger partial charge in [-0.3, -0.25) is 0 Å². The second-order valence-electron chi connectivity index (χ2n) is 1.48. The maximum Gasteiger partial charge on any atom is 0.352 e. The van der Waals surface area contributed by atoms with E-state index in [-0.39, 0.29) is 17.9 Å². The van der Waals surface area contributed by atoms with Crippen molar-refractivity contribution in [2.45, 2.75) is 6.10 Å². The predicted molar refractivity (Wildman–Crippen MR) is 30.5 cm³/mol. The lowest BCUT2D eigenvalue weighted by atomic mass is 10.4. The van der Waals surface area contributed by atoms with Crippen LogP contribution < -0.4 is 0 Å². The Morgan fingerprint density at radius 2 is 2.62 bits per heavy atom. The van der Waals surface area contributed by atoms with Crippen LogP contribution in [0.15, 0.2) is 0 Å². The van der Waals surface area contributed by atoms with Crippen molar-refractivity contribution in [2.75, 3.05) is 13.2 Å². The Hall–Kier alpha value is -0.350. The van der Waals surface area contributed by atoms with Gasteiger partial charge in [-0.15, -0.1) is 0 Å². The molecule has 1 fully saturated rings. The number of rotatable bonds is 1. The Labute approximate surface area is 52.2 Å². The molecule has 0 aromatic rings. The molecule has 3 nitrogen and oxygen atoms in total. The van der Waals surface area contributed by atoms with E-state index in [0.29, 0.717) is 6.61 Å². The molecule has 0 aliphatic carbocycles. The normalized spacial score (nSPS) is 27.1. The van der Waals surface area contributed by atoms with E-state index in [2.05, 4.69) is 12.2 Å². The summed E-state index contributed by atoms with van der Waals surface area (Å²) in [6, 6.07) is 0. The van der Waals surface area contributed by atoms with Crippen molar-refractivity contribution >= 4 is 17.5 Å². The molecule has 1 saturated heterocycles. The van der Waals surface area contributed by atoms with Crippen LogP contribution in [0, 0.1) is 0 Å². The predicted octanol–water partition coefficient (Wildman–Crippen LogP) is -0.321. The maximum atomic E-state index is 8.42. The van der Waals surface area contributed by atoms with Crippen LogP contribution in [0.25, 0.3) is 0 Å². The van der Waals surface area contributed by atoms with Gasteiger partial charge in [-0.2, -0.15) is 0 Å². The topological polar surface area (TPSA) is 38.7 Å². The number of ether oxygens (including phenoxy) is 2. The third kappa shape index (κ3) is 1.08. The fourth-order valence-corrected chi connectivity index (χ4v) is 0.659. The summed E-state index contributed by atoms with van der Waals surface area (Å²) in [7, 11) is 0. The maximum absolute atomic E-state index is 8.42. The molecule has 0 radical (unpaired) electrons. The molecule has 1 aliphatic rings. The summed E-state index contributed by atoms with van der Waals surface area (Å²) in [6.45, 7) is 0.357. The van der Waals surface area contributed by atoms with Crippen molar-refractivity contribution in [1.82, 2.24) is 0 Å². The molecule has 1 atom stereocenters. The molecular formula is C4H6O3S. The van der Waals surface area contributed by atoms with Crippen molar-refractivity contribution in [3.05, 3.63) is 0 Å². The van der Waals surface area contributed by atoms with Gasteiger partial charge in [0.25, 0.3) is 0 Å². The van der Waals surface area contributed by atoms with Gasteiger partial charge in [0.2, 0.25) is 0 Å². The largest absolute Gasteiger partial charge is 0.453 e. The number of thiocarbonyl (C=S) groups is 1. The number of hydrogen-bond acceptors (Lipinski definition) is 4. The fraction of sp³-hybridized carbons (Fsp3) is 0.750. The zero-order valence-electron chi connectivity index (χ0n) is 4.16. The number of hydrogen-bond donors (Lipinski definition) is 1. The first-order chi connectivity index (χ1) is 3.83. The summed E-state index contributed by atoms with van der Waals surface area (Å²) < 4.78 is 9.48. The molecule has 1 aliphatic heterocycles. The summed E-state index contributed by atoms with van der Waals surface area (Å²) in [6.07, 6.45) is -0.234. The lowest BCUT2D eigenvalue weighted by molar-refractivity contribution is 0.131. The lowest BCUT2D eigenvalue weighted by Crippen LogP contribution is -2.14. The van der Waals surface area contributed by atoms with Gasteiger partial charge in [0.05, 0.1) is 6.61 Å². The van der Waals surface area contributed by atoms with E-state index in [1.165, 1.54) is 0 Å². The summed E-state index contributed by atoms with van der Waals surface area (Å²) in [4.78, 5) is 0. The molecular weight excluding hydrogens is 128 g/mol. The minimum absolute atomic E-state index is 0.0276. The highest BCUT2D eigenvalue weighted by Gasteiger charge is 2.19. The highest BCUT2D eigenvalue weighted by Crippen LogP contribution is 2.04. The van der Waals surface area contributed by atoms with Gasteiger partial charge in [0, 0.05) is 12.2 Å². The average Bonchev–Trinajstić information content (AvgIpc) is 2.14. The Kier molecular flexibility index (Phi) is 1.65. The molecule has 0 saturated carbocycles. The third-order valence-corrected chi connectivity index (χ3v) is 1.07. The first kappa shape index (κ1) is 5.78. The van der Waals surface area contributed by atoms with Gasteiger partial charge < -0.3 is 14.6 Å². The van der Waals surface area contributed by atoms with Gasteiger partial charge in [0.1, 0.15) is 6.61 Å². The summed E-state index contributed by atoms with van der Waals surface area (Å²) in [5.41, 5.74) is 0. The van der Waals surface area contributed by atoms with Crippen LogP contribution in [0.5, 0.6) is 0 Å². The standard InChI is InChI=1S/C4H6O3S/c5-1-3-2-6-4(8)7-3/h3,5H,1-2H2/t3-/m0/s1. The number of aliphatic hydroxyl groups is 1. The van der Waals surface area contributed by atoms with Crippen LogP contribution in [0.4, 0.5) is 0 Å². The first-order valence-electron chi connectivity index (χ1n) is 2.27. The average molecular weight is 134 g/mol. The van der Waals surface area contributed by atoms with Gasteiger partial charge in [0.15, 0.2) is 6.10 Å². The van der Waals surface area contributed by atoms with Crippen molar-refractivity contribution < 1.29 is 14.6 Å². The van der Waals surface area contributed by atoms with Gasteiger partial charge in [-0.05, 0) is 0 Å². The Bertz CT molecular complexity index is 103. The minimum atomic E-state index is -0.234. The minimum Gasteiger partial charge on any atom is -0.453 e. The Morgan fingerprint density at radius 1 is 1.88 bits per heavy atom. The second kappa shape index (κ2) is 2.28. The molecule has 1 rings (SSSR count). The van der Waals surface area contributed by atoms with Crippen LogP contribution in [-0.4, -0.2) is 29.7 Å². The molecule has 0 aromatic heterocycles. The molecule has 0 unspecified atom stereocenters. The third-order valence-electron chi connectivity index (χ3n) is 0.854. The highest BCUT2D eigenvalue weighted by atomic mass is 32.1. The summed E-state index contributed by atoms with van der Waals surface area (Å²) in [5.74, 6) is 0. The van der Waals surface area contributed by atoms with Crippen molar-refractivity contribution in [3.8, 4) is 0 Å². The van der Waals surface area contributed by atoms with E-state index in [1.807, 2.05) is 0 Å².